The molecule has 62 valence electrons. The first-order chi connectivity index (χ1) is 5.70. The Hall–Kier alpha value is -1.03. The van der Waals surface area contributed by atoms with E-state index < -0.39 is 5.82 Å². The van der Waals surface area contributed by atoms with Gasteiger partial charge in [-0.15, -0.1) is 0 Å². The van der Waals surface area contributed by atoms with E-state index in [1.165, 1.54) is 6.26 Å². The lowest BCUT2D eigenvalue weighted by molar-refractivity contribution is 0.336. The molecule has 0 unspecified atom stereocenters. The van der Waals surface area contributed by atoms with Gasteiger partial charge in [-0.25, -0.2) is 4.39 Å². The van der Waals surface area contributed by atoms with Crippen molar-refractivity contribution in [2.45, 2.75) is 0 Å². The maximum atomic E-state index is 13.2. The number of rotatable bonds is 0. The Balaban J connectivity index is 2.96. The van der Waals surface area contributed by atoms with Crippen LogP contribution in [0.2, 0.25) is 0 Å². The quantitative estimate of drug-likeness (QED) is 0.755. The van der Waals surface area contributed by atoms with Crippen LogP contribution in [-0.2, 0) is 0 Å². The second kappa shape index (κ2) is 2.48. The fourth-order valence-electron chi connectivity index (χ4n) is 1.06. The minimum Gasteiger partial charge on any atom is -0.480 e. The van der Waals surface area contributed by atoms with E-state index in [1.54, 1.807) is 12.1 Å². The SMILES string of the molecule is Oc1occ2ccc(Br)c(F)c12. The van der Waals surface area contributed by atoms with E-state index in [9.17, 15) is 4.39 Å². The van der Waals surface area contributed by atoms with Gasteiger partial charge in [-0.3, -0.25) is 0 Å². The molecule has 0 aliphatic rings. The highest BCUT2D eigenvalue weighted by Gasteiger charge is 2.12. The van der Waals surface area contributed by atoms with Gasteiger partial charge in [-0.1, -0.05) is 0 Å². The van der Waals surface area contributed by atoms with Crippen LogP contribution in [0, 0.1) is 5.82 Å². The second-order valence-electron chi connectivity index (χ2n) is 2.37. The summed E-state index contributed by atoms with van der Waals surface area (Å²) in [6, 6.07) is 3.22. The first-order valence-electron chi connectivity index (χ1n) is 3.24. The molecule has 0 radical (unpaired) electrons. The van der Waals surface area contributed by atoms with E-state index in [2.05, 4.69) is 20.3 Å². The molecule has 2 aromatic rings. The van der Waals surface area contributed by atoms with Crippen LogP contribution in [-0.4, -0.2) is 5.11 Å². The van der Waals surface area contributed by atoms with Crippen molar-refractivity contribution in [2.24, 2.45) is 0 Å². The molecule has 0 spiro atoms. The Labute approximate surface area is 75.7 Å². The maximum Gasteiger partial charge on any atom is 0.293 e. The molecule has 0 amide bonds. The molecule has 4 heteroatoms. The van der Waals surface area contributed by atoms with Gasteiger partial charge in [0.1, 0.15) is 11.6 Å². The number of halogens is 2. The fourth-order valence-corrected chi connectivity index (χ4v) is 1.39. The topological polar surface area (TPSA) is 33.4 Å². The van der Waals surface area contributed by atoms with Crippen LogP contribution < -0.4 is 0 Å². The van der Waals surface area contributed by atoms with Crippen molar-refractivity contribution >= 4 is 26.7 Å². The van der Waals surface area contributed by atoms with Crippen molar-refractivity contribution in [3.63, 3.8) is 0 Å². The van der Waals surface area contributed by atoms with Crippen molar-refractivity contribution in [1.29, 1.82) is 0 Å². The summed E-state index contributed by atoms with van der Waals surface area (Å²) in [5.41, 5.74) is 0. The minimum atomic E-state index is -0.501. The van der Waals surface area contributed by atoms with Crippen LogP contribution >= 0.6 is 15.9 Å². The van der Waals surface area contributed by atoms with Crippen molar-refractivity contribution in [3.05, 3.63) is 28.7 Å². The Morgan fingerprint density at radius 1 is 1.42 bits per heavy atom. The molecule has 0 atom stereocenters. The van der Waals surface area contributed by atoms with E-state index in [1.807, 2.05) is 0 Å². The fraction of sp³-hybridized carbons (Fsp3) is 0. The molecule has 1 N–H and O–H groups in total. The molecule has 0 fully saturated rings. The van der Waals surface area contributed by atoms with E-state index in [4.69, 9.17) is 5.11 Å². The molecule has 2 nitrogen and oxygen atoms in total. The third-order valence-corrected chi connectivity index (χ3v) is 2.25. The molecular formula is C8H4BrFO2. The number of aromatic hydroxyl groups is 1. The molecule has 1 aromatic heterocycles. The van der Waals surface area contributed by atoms with Crippen molar-refractivity contribution in [1.82, 2.24) is 0 Å². The number of benzene rings is 1. The summed E-state index contributed by atoms with van der Waals surface area (Å²) >= 11 is 3.01. The zero-order chi connectivity index (χ0) is 8.72. The smallest absolute Gasteiger partial charge is 0.293 e. The zero-order valence-corrected chi connectivity index (χ0v) is 7.43. The van der Waals surface area contributed by atoms with Gasteiger partial charge in [0.15, 0.2) is 5.82 Å². The molecule has 0 bridgehead atoms. The monoisotopic (exact) mass is 230 g/mol. The van der Waals surface area contributed by atoms with Crippen LogP contribution in [0.5, 0.6) is 5.95 Å². The van der Waals surface area contributed by atoms with Crippen molar-refractivity contribution < 1.29 is 13.9 Å². The summed E-state index contributed by atoms with van der Waals surface area (Å²) in [6.45, 7) is 0. The molecule has 12 heavy (non-hydrogen) atoms. The highest BCUT2D eigenvalue weighted by molar-refractivity contribution is 9.10. The second-order valence-corrected chi connectivity index (χ2v) is 3.22. The van der Waals surface area contributed by atoms with Gasteiger partial charge >= 0.3 is 0 Å². The van der Waals surface area contributed by atoms with Gasteiger partial charge in [0.05, 0.1) is 4.47 Å². The zero-order valence-electron chi connectivity index (χ0n) is 5.84. The lowest BCUT2D eigenvalue weighted by Gasteiger charge is -1.94. The summed E-state index contributed by atoms with van der Waals surface area (Å²) in [5, 5.41) is 9.75. The maximum absolute atomic E-state index is 13.2. The van der Waals surface area contributed by atoms with Crippen LogP contribution in [0.4, 0.5) is 4.39 Å². The molecule has 0 saturated heterocycles. The predicted octanol–water partition coefficient (Wildman–Crippen LogP) is 3.04. The molecule has 2 rings (SSSR count). The van der Waals surface area contributed by atoms with Gasteiger partial charge in [-0.05, 0) is 28.1 Å². The number of hydrogen-bond acceptors (Lipinski definition) is 2. The summed E-state index contributed by atoms with van der Waals surface area (Å²) in [7, 11) is 0. The third-order valence-electron chi connectivity index (χ3n) is 1.64. The van der Waals surface area contributed by atoms with Crippen molar-refractivity contribution in [2.75, 3.05) is 0 Å². The molecule has 0 aliphatic carbocycles. The Kier molecular flexibility index (Phi) is 1.58. The lowest BCUT2D eigenvalue weighted by atomic mass is 10.2. The molecule has 0 saturated carbocycles. The molecular weight excluding hydrogens is 227 g/mol. The Morgan fingerprint density at radius 2 is 2.17 bits per heavy atom. The molecule has 0 aliphatic heterocycles. The molecule has 1 heterocycles. The summed E-state index contributed by atoms with van der Waals surface area (Å²) in [4.78, 5) is 0. The number of furan rings is 1. The largest absolute Gasteiger partial charge is 0.480 e. The van der Waals surface area contributed by atoms with Crippen LogP contribution in [0.3, 0.4) is 0 Å². The number of hydrogen-bond donors (Lipinski definition) is 1. The third kappa shape index (κ3) is 0.914. The van der Waals surface area contributed by atoms with E-state index >= 15 is 0 Å². The minimum absolute atomic E-state index is 0.115. The van der Waals surface area contributed by atoms with E-state index in [0.717, 1.165) is 0 Å². The first-order valence-corrected chi connectivity index (χ1v) is 4.03. The van der Waals surface area contributed by atoms with Gasteiger partial charge in [0.25, 0.3) is 5.95 Å². The van der Waals surface area contributed by atoms with Gasteiger partial charge in [0.2, 0.25) is 0 Å². The van der Waals surface area contributed by atoms with Crippen molar-refractivity contribution in [3.8, 4) is 5.95 Å². The lowest BCUT2D eigenvalue weighted by Crippen LogP contribution is -1.77. The summed E-state index contributed by atoms with van der Waals surface area (Å²) in [5.74, 6) is -0.887. The average molecular weight is 231 g/mol. The highest BCUT2D eigenvalue weighted by Crippen LogP contribution is 2.32. The normalized spacial score (nSPS) is 10.8. The predicted molar refractivity (Wildman–Crippen MR) is 45.5 cm³/mol. The van der Waals surface area contributed by atoms with Crippen LogP contribution in [0.25, 0.3) is 10.8 Å². The average Bonchev–Trinajstić information content (AvgIpc) is 2.41. The molecule has 1 aromatic carbocycles. The van der Waals surface area contributed by atoms with Crippen LogP contribution in [0.15, 0.2) is 27.3 Å². The highest BCUT2D eigenvalue weighted by atomic mass is 79.9. The van der Waals surface area contributed by atoms with Gasteiger partial charge in [-0.2, -0.15) is 0 Å². The Morgan fingerprint density at radius 3 is 2.92 bits per heavy atom. The first kappa shape index (κ1) is 7.61. The van der Waals surface area contributed by atoms with Crippen LogP contribution in [0.1, 0.15) is 0 Å². The van der Waals surface area contributed by atoms with Gasteiger partial charge < -0.3 is 9.52 Å². The van der Waals surface area contributed by atoms with E-state index in [-0.39, 0.29) is 11.3 Å². The number of fused-ring (bicyclic) bond motifs is 1. The van der Waals surface area contributed by atoms with Gasteiger partial charge in [0, 0.05) is 5.39 Å². The van der Waals surface area contributed by atoms with E-state index in [0.29, 0.717) is 9.86 Å². The summed E-state index contributed by atoms with van der Waals surface area (Å²) < 4.78 is 18.2. The summed E-state index contributed by atoms with van der Waals surface area (Å²) in [6.07, 6.45) is 1.31. The Bertz CT molecular complexity index is 436. The standard InChI is InChI=1S/C8H4BrFO2/c9-5-2-1-4-3-12-8(11)6(4)7(5)10/h1-3,11H.